The third kappa shape index (κ3) is 6.50. The van der Waals surface area contributed by atoms with Crippen molar-refractivity contribution in [3.63, 3.8) is 0 Å². The van der Waals surface area contributed by atoms with E-state index in [2.05, 4.69) is 19.2 Å². The molecule has 0 aromatic carbocycles. The molecule has 0 aliphatic heterocycles. The molecule has 0 spiro atoms. The van der Waals surface area contributed by atoms with Gasteiger partial charge in [-0.05, 0) is 25.7 Å². The average Bonchev–Trinajstić information content (AvgIpc) is 2.21. The van der Waals surface area contributed by atoms with Crippen LogP contribution < -0.4 is 5.32 Å². The van der Waals surface area contributed by atoms with E-state index < -0.39 is 0 Å². The van der Waals surface area contributed by atoms with Crippen LogP contribution in [0, 0.1) is 5.92 Å². The van der Waals surface area contributed by atoms with Crippen molar-refractivity contribution in [2.75, 3.05) is 6.61 Å². The molecule has 0 heterocycles. The second-order valence-corrected chi connectivity index (χ2v) is 4.43. The molecule has 3 nitrogen and oxygen atoms in total. The minimum atomic E-state index is -0.200. The molecule has 90 valence electrons. The van der Waals surface area contributed by atoms with E-state index in [1.54, 1.807) is 0 Å². The van der Waals surface area contributed by atoms with Crippen molar-refractivity contribution in [1.29, 1.82) is 0 Å². The van der Waals surface area contributed by atoms with Crippen LogP contribution in [0.4, 0.5) is 0 Å². The Morgan fingerprint density at radius 2 is 1.73 bits per heavy atom. The number of carbonyl (C=O) groups excluding carboxylic acids is 1. The van der Waals surface area contributed by atoms with Gasteiger partial charge >= 0.3 is 5.97 Å². The maximum absolute atomic E-state index is 11.5. The largest absolute Gasteiger partial charge is 0.464 e. The summed E-state index contributed by atoms with van der Waals surface area (Å²) >= 11 is 0. The van der Waals surface area contributed by atoms with Gasteiger partial charge in [0, 0.05) is 6.04 Å². The molecule has 1 N–H and O–H groups in total. The summed E-state index contributed by atoms with van der Waals surface area (Å²) in [6.45, 7) is 10.7. The molecule has 15 heavy (non-hydrogen) atoms. The van der Waals surface area contributed by atoms with Gasteiger partial charge in [-0.2, -0.15) is 0 Å². The zero-order valence-corrected chi connectivity index (χ0v) is 10.7. The number of hydrogen-bond acceptors (Lipinski definition) is 3. The third-order valence-electron chi connectivity index (χ3n) is 2.38. The Hall–Kier alpha value is -0.570. The van der Waals surface area contributed by atoms with Crippen molar-refractivity contribution >= 4 is 5.97 Å². The Bertz CT molecular complexity index is 176. The third-order valence-corrected chi connectivity index (χ3v) is 2.38. The summed E-state index contributed by atoms with van der Waals surface area (Å²) in [5.41, 5.74) is 0. The molecule has 0 radical (unpaired) electrons. The number of esters is 1. The van der Waals surface area contributed by atoms with Crippen LogP contribution >= 0.6 is 0 Å². The second kappa shape index (κ2) is 7.69. The lowest BCUT2D eigenvalue weighted by Crippen LogP contribution is -2.42. The average molecular weight is 215 g/mol. The monoisotopic (exact) mass is 215 g/mol. The van der Waals surface area contributed by atoms with Crippen molar-refractivity contribution in [3.05, 3.63) is 0 Å². The highest BCUT2D eigenvalue weighted by Gasteiger charge is 2.17. The Kier molecular flexibility index (Phi) is 7.39. The molecular weight excluding hydrogens is 190 g/mol. The Labute approximate surface area is 93.6 Å². The van der Waals surface area contributed by atoms with Gasteiger partial charge in [0.25, 0.3) is 0 Å². The van der Waals surface area contributed by atoms with Gasteiger partial charge in [0.05, 0.1) is 6.61 Å². The first-order chi connectivity index (χ1) is 7.01. The van der Waals surface area contributed by atoms with Crippen molar-refractivity contribution in [3.8, 4) is 0 Å². The van der Waals surface area contributed by atoms with Crippen LogP contribution in [0.2, 0.25) is 0 Å². The first kappa shape index (κ1) is 14.4. The van der Waals surface area contributed by atoms with Gasteiger partial charge in [0.15, 0.2) is 0 Å². The van der Waals surface area contributed by atoms with E-state index in [4.69, 9.17) is 4.74 Å². The molecular formula is C12H25NO2. The van der Waals surface area contributed by atoms with Crippen LogP contribution in [-0.4, -0.2) is 24.7 Å². The summed E-state index contributed by atoms with van der Waals surface area (Å²) < 4.78 is 5.15. The smallest absolute Gasteiger partial charge is 0.322 e. The van der Waals surface area contributed by atoms with E-state index in [0.717, 1.165) is 12.8 Å². The van der Waals surface area contributed by atoms with E-state index in [-0.39, 0.29) is 12.0 Å². The van der Waals surface area contributed by atoms with Gasteiger partial charge in [0.2, 0.25) is 0 Å². The Morgan fingerprint density at radius 3 is 2.13 bits per heavy atom. The fourth-order valence-corrected chi connectivity index (χ4v) is 1.32. The lowest BCUT2D eigenvalue weighted by molar-refractivity contribution is -0.147. The predicted octanol–water partition coefficient (Wildman–Crippen LogP) is 2.35. The van der Waals surface area contributed by atoms with Gasteiger partial charge in [-0.3, -0.25) is 4.79 Å². The molecule has 0 rings (SSSR count). The highest BCUT2D eigenvalue weighted by molar-refractivity contribution is 5.75. The van der Waals surface area contributed by atoms with E-state index in [0.29, 0.717) is 18.6 Å². The second-order valence-electron chi connectivity index (χ2n) is 4.43. The molecule has 0 aliphatic rings. The predicted molar refractivity (Wildman–Crippen MR) is 62.8 cm³/mol. The molecule has 1 atom stereocenters. The van der Waals surface area contributed by atoms with Crippen molar-refractivity contribution in [1.82, 2.24) is 5.32 Å². The standard InChI is InChI=1S/C12H25NO2/c1-6-11(7-2)13-10(5)12(14)15-8-9(3)4/h9-11,13H,6-8H2,1-5H3. The molecule has 0 saturated carbocycles. The summed E-state index contributed by atoms with van der Waals surface area (Å²) in [7, 11) is 0. The number of hydrogen-bond donors (Lipinski definition) is 1. The quantitative estimate of drug-likeness (QED) is 0.662. The summed E-state index contributed by atoms with van der Waals surface area (Å²) in [4.78, 5) is 11.5. The van der Waals surface area contributed by atoms with E-state index in [1.807, 2.05) is 20.8 Å². The number of carbonyl (C=O) groups is 1. The summed E-state index contributed by atoms with van der Waals surface area (Å²) in [5, 5.41) is 3.27. The van der Waals surface area contributed by atoms with Crippen LogP contribution in [0.25, 0.3) is 0 Å². The van der Waals surface area contributed by atoms with Gasteiger partial charge in [0.1, 0.15) is 6.04 Å². The van der Waals surface area contributed by atoms with Crippen molar-refractivity contribution < 1.29 is 9.53 Å². The van der Waals surface area contributed by atoms with Crippen LogP contribution in [0.15, 0.2) is 0 Å². The van der Waals surface area contributed by atoms with Gasteiger partial charge in [-0.25, -0.2) is 0 Å². The fraction of sp³-hybridized carbons (Fsp3) is 0.917. The normalized spacial score (nSPS) is 13.3. The summed E-state index contributed by atoms with van der Waals surface area (Å²) in [6, 6.07) is 0.209. The lowest BCUT2D eigenvalue weighted by atomic mass is 10.1. The SMILES string of the molecule is CCC(CC)NC(C)C(=O)OCC(C)C. The molecule has 0 bridgehead atoms. The summed E-state index contributed by atoms with van der Waals surface area (Å²) in [5.74, 6) is 0.255. The lowest BCUT2D eigenvalue weighted by Gasteiger charge is -2.20. The van der Waals surface area contributed by atoms with Crippen LogP contribution in [0.1, 0.15) is 47.5 Å². The van der Waals surface area contributed by atoms with Crippen LogP contribution in [0.3, 0.4) is 0 Å². The summed E-state index contributed by atoms with van der Waals surface area (Å²) in [6.07, 6.45) is 2.08. The van der Waals surface area contributed by atoms with Gasteiger partial charge in [-0.1, -0.05) is 27.7 Å². The maximum atomic E-state index is 11.5. The number of ether oxygens (including phenoxy) is 1. The molecule has 3 heteroatoms. The minimum Gasteiger partial charge on any atom is -0.464 e. The zero-order valence-electron chi connectivity index (χ0n) is 10.7. The van der Waals surface area contributed by atoms with Crippen LogP contribution in [0.5, 0.6) is 0 Å². The molecule has 0 amide bonds. The fourth-order valence-electron chi connectivity index (χ4n) is 1.32. The number of nitrogens with one attached hydrogen (secondary N) is 1. The van der Waals surface area contributed by atoms with Gasteiger partial charge in [-0.15, -0.1) is 0 Å². The molecule has 0 aliphatic carbocycles. The number of rotatable bonds is 7. The first-order valence-electron chi connectivity index (χ1n) is 5.93. The van der Waals surface area contributed by atoms with Gasteiger partial charge < -0.3 is 10.1 Å². The van der Waals surface area contributed by atoms with E-state index in [1.165, 1.54) is 0 Å². The molecule has 0 aromatic rings. The topological polar surface area (TPSA) is 38.3 Å². The highest BCUT2D eigenvalue weighted by Crippen LogP contribution is 2.01. The molecule has 0 aromatic heterocycles. The Balaban J connectivity index is 3.87. The molecule has 0 saturated heterocycles. The molecule has 1 unspecified atom stereocenters. The first-order valence-corrected chi connectivity index (χ1v) is 5.93. The van der Waals surface area contributed by atoms with E-state index in [9.17, 15) is 4.79 Å². The highest BCUT2D eigenvalue weighted by atomic mass is 16.5. The maximum Gasteiger partial charge on any atom is 0.322 e. The Morgan fingerprint density at radius 1 is 1.20 bits per heavy atom. The minimum absolute atomic E-state index is 0.143. The molecule has 0 fully saturated rings. The van der Waals surface area contributed by atoms with Crippen molar-refractivity contribution in [2.45, 2.75) is 59.5 Å². The van der Waals surface area contributed by atoms with E-state index >= 15 is 0 Å². The zero-order chi connectivity index (χ0) is 11.8. The van der Waals surface area contributed by atoms with Crippen LogP contribution in [-0.2, 0) is 9.53 Å². The van der Waals surface area contributed by atoms with Crippen molar-refractivity contribution in [2.24, 2.45) is 5.92 Å².